The lowest BCUT2D eigenvalue weighted by molar-refractivity contribution is 0.328. The Hall–Kier alpha value is -2.33. The van der Waals surface area contributed by atoms with Gasteiger partial charge in [0, 0.05) is 42.7 Å². The van der Waals surface area contributed by atoms with Gasteiger partial charge in [-0.15, -0.1) is 11.8 Å². The molecule has 0 spiro atoms. The molecule has 9 heteroatoms. The lowest BCUT2D eigenvalue weighted by Gasteiger charge is -2.27. The summed E-state index contributed by atoms with van der Waals surface area (Å²) in [5.41, 5.74) is 7.03. The van der Waals surface area contributed by atoms with Gasteiger partial charge in [-0.2, -0.15) is 0 Å². The molecule has 1 fully saturated rings. The van der Waals surface area contributed by atoms with Crippen molar-refractivity contribution in [1.82, 2.24) is 9.88 Å². The van der Waals surface area contributed by atoms with E-state index in [0.29, 0.717) is 18.9 Å². The van der Waals surface area contributed by atoms with Crippen LogP contribution < -0.4 is 15.4 Å². The van der Waals surface area contributed by atoms with Crippen molar-refractivity contribution >= 4 is 38.2 Å². The first-order chi connectivity index (χ1) is 15.9. The average molecular weight is 487 g/mol. The summed E-state index contributed by atoms with van der Waals surface area (Å²) in [4.78, 5) is 10.6. The van der Waals surface area contributed by atoms with Gasteiger partial charge in [0.1, 0.15) is 17.3 Å². The van der Waals surface area contributed by atoms with Crippen LogP contribution in [0.5, 0.6) is 5.75 Å². The standard InChI is InChI=1S/C24H30N4O3S2/c1-27-11-3-12-28(14-13-27)24-21-16-19(32-2)6-9-22(21)26-17-23(24)33(29,30)20-7-4-18(5-8-20)31-15-10-25/h4-9,16-17H,3,10-15,25H2,1-2H3. The van der Waals surface area contributed by atoms with Crippen LogP contribution in [-0.4, -0.2) is 70.9 Å². The van der Waals surface area contributed by atoms with Crippen LogP contribution in [0.1, 0.15) is 6.42 Å². The number of nitrogens with zero attached hydrogens (tertiary/aromatic N) is 3. The highest BCUT2D eigenvalue weighted by molar-refractivity contribution is 7.98. The van der Waals surface area contributed by atoms with E-state index in [0.717, 1.165) is 54.1 Å². The second-order valence-corrected chi connectivity index (χ2v) is 10.9. The van der Waals surface area contributed by atoms with E-state index in [2.05, 4.69) is 27.9 Å². The maximum atomic E-state index is 13.8. The van der Waals surface area contributed by atoms with E-state index in [1.54, 1.807) is 36.0 Å². The van der Waals surface area contributed by atoms with E-state index in [9.17, 15) is 8.42 Å². The Morgan fingerprint density at radius 2 is 1.88 bits per heavy atom. The number of thioether (sulfide) groups is 1. The number of benzene rings is 2. The summed E-state index contributed by atoms with van der Waals surface area (Å²) >= 11 is 1.63. The monoisotopic (exact) mass is 486 g/mol. The van der Waals surface area contributed by atoms with Crippen molar-refractivity contribution in [1.29, 1.82) is 0 Å². The minimum atomic E-state index is -3.80. The lowest BCUT2D eigenvalue weighted by Crippen LogP contribution is -2.30. The van der Waals surface area contributed by atoms with Crippen LogP contribution in [0.15, 0.2) is 63.3 Å². The second-order valence-electron chi connectivity index (χ2n) is 8.11. The Kier molecular flexibility index (Phi) is 7.43. The number of sulfone groups is 1. The minimum absolute atomic E-state index is 0.220. The van der Waals surface area contributed by atoms with Crippen molar-refractivity contribution in [3.05, 3.63) is 48.7 Å². The molecule has 2 N–H and O–H groups in total. The number of rotatable bonds is 7. The molecule has 0 saturated carbocycles. The topological polar surface area (TPSA) is 88.8 Å². The Bertz CT molecular complexity index is 1220. The summed E-state index contributed by atoms with van der Waals surface area (Å²) < 4.78 is 33.2. The molecule has 0 amide bonds. The van der Waals surface area contributed by atoms with Gasteiger partial charge < -0.3 is 20.3 Å². The number of likely N-dealkylation sites (N-methyl/N-ethyl adjacent to an activating group) is 1. The molecule has 1 aromatic heterocycles. The normalized spacial score (nSPS) is 15.5. The fourth-order valence-electron chi connectivity index (χ4n) is 4.08. The number of aromatic nitrogens is 1. The van der Waals surface area contributed by atoms with Crippen LogP contribution in [0.2, 0.25) is 0 Å². The number of fused-ring (bicyclic) bond motifs is 1. The largest absolute Gasteiger partial charge is 0.492 e. The summed E-state index contributed by atoms with van der Waals surface area (Å²) in [5.74, 6) is 0.594. The van der Waals surface area contributed by atoms with Gasteiger partial charge in [0.2, 0.25) is 9.84 Å². The van der Waals surface area contributed by atoms with Crippen LogP contribution in [0, 0.1) is 0 Å². The summed E-state index contributed by atoms with van der Waals surface area (Å²) in [7, 11) is -1.69. The van der Waals surface area contributed by atoms with Gasteiger partial charge in [-0.25, -0.2) is 8.42 Å². The number of ether oxygens (including phenoxy) is 1. The molecule has 0 radical (unpaired) electrons. The highest BCUT2D eigenvalue weighted by Gasteiger charge is 2.28. The van der Waals surface area contributed by atoms with Crippen LogP contribution in [0.4, 0.5) is 5.69 Å². The molecule has 7 nitrogen and oxygen atoms in total. The summed E-state index contributed by atoms with van der Waals surface area (Å²) in [6.45, 7) is 4.19. The molecular formula is C24H30N4O3S2. The fourth-order valence-corrected chi connectivity index (χ4v) is 5.95. The predicted molar refractivity (Wildman–Crippen MR) is 134 cm³/mol. The quantitative estimate of drug-likeness (QED) is 0.509. The van der Waals surface area contributed by atoms with Crippen LogP contribution >= 0.6 is 11.8 Å². The third-order valence-electron chi connectivity index (χ3n) is 5.86. The molecule has 0 atom stereocenters. The Labute approximate surface area is 199 Å². The van der Waals surface area contributed by atoms with Gasteiger partial charge >= 0.3 is 0 Å². The lowest BCUT2D eigenvalue weighted by atomic mass is 10.1. The molecule has 0 unspecified atom stereocenters. The third kappa shape index (κ3) is 5.11. The van der Waals surface area contributed by atoms with Gasteiger partial charge in [-0.1, -0.05) is 0 Å². The number of nitrogens with two attached hydrogens (primary N) is 1. The predicted octanol–water partition coefficient (Wildman–Crippen LogP) is 3.27. The first kappa shape index (κ1) is 23.8. The van der Waals surface area contributed by atoms with E-state index in [-0.39, 0.29) is 9.79 Å². The van der Waals surface area contributed by atoms with Crippen LogP contribution in [0.25, 0.3) is 10.9 Å². The van der Waals surface area contributed by atoms with Crippen molar-refractivity contribution in [2.24, 2.45) is 5.73 Å². The zero-order chi connectivity index (χ0) is 23.4. The van der Waals surface area contributed by atoms with Gasteiger partial charge in [0.25, 0.3) is 0 Å². The molecule has 4 rings (SSSR count). The van der Waals surface area contributed by atoms with Gasteiger partial charge in [-0.05, 0) is 68.7 Å². The molecule has 0 bridgehead atoms. The van der Waals surface area contributed by atoms with Crippen molar-refractivity contribution in [3.8, 4) is 5.75 Å². The molecule has 33 heavy (non-hydrogen) atoms. The molecule has 2 aromatic carbocycles. The summed E-state index contributed by atoms with van der Waals surface area (Å²) in [6.07, 6.45) is 4.50. The van der Waals surface area contributed by atoms with E-state index in [4.69, 9.17) is 10.5 Å². The zero-order valence-electron chi connectivity index (χ0n) is 19.0. The first-order valence-electron chi connectivity index (χ1n) is 11.0. The van der Waals surface area contributed by atoms with Crippen LogP contribution in [0.3, 0.4) is 0 Å². The molecule has 176 valence electrons. The van der Waals surface area contributed by atoms with Crippen LogP contribution in [-0.2, 0) is 9.84 Å². The average Bonchev–Trinajstić information content (AvgIpc) is 3.06. The Morgan fingerprint density at radius 3 is 2.61 bits per heavy atom. The van der Waals surface area contributed by atoms with E-state index < -0.39 is 9.84 Å². The first-order valence-corrected chi connectivity index (χ1v) is 13.7. The Balaban J connectivity index is 1.85. The Morgan fingerprint density at radius 1 is 1.09 bits per heavy atom. The molecule has 1 aliphatic rings. The van der Waals surface area contributed by atoms with E-state index in [1.807, 2.05) is 18.4 Å². The van der Waals surface area contributed by atoms with Crippen molar-refractivity contribution in [2.45, 2.75) is 21.1 Å². The number of hydrogen-bond donors (Lipinski definition) is 1. The molecule has 3 aromatic rings. The number of hydrogen-bond acceptors (Lipinski definition) is 8. The van der Waals surface area contributed by atoms with Gasteiger partial charge in [-0.3, -0.25) is 4.98 Å². The highest BCUT2D eigenvalue weighted by atomic mass is 32.2. The van der Waals surface area contributed by atoms with Crippen molar-refractivity contribution in [3.63, 3.8) is 0 Å². The second kappa shape index (κ2) is 10.3. The smallest absolute Gasteiger partial charge is 0.210 e. The fraction of sp³-hybridized carbons (Fsp3) is 0.375. The van der Waals surface area contributed by atoms with E-state index in [1.165, 1.54) is 6.20 Å². The van der Waals surface area contributed by atoms with Gasteiger partial charge in [0.05, 0.1) is 16.1 Å². The SMILES string of the molecule is CSc1ccc2ncc(S(=O)(=O)c3ccc(OCCN)cc3)c(N3CCCN(C)CC3)c2c1. The molecule has 2 heterocycles. The zero-order valence-corrected chi connectivity index (χ0v) is 20.7. The maximum Gasteiger partial charge on any atom is 0.210 e. The maximum absolute atomic E-state index is 13.8. The summed E-state index contributed by atoms with van der Waals surface area (Å²) in [6, 6.07) is 12.6. The van der Waals surface area contributed by atoms with Crippen molar-refractivity contribution < 1.29 is 13.2 Å². The van der Waals surface area contributed by atoms with E-state index >= 15 is 0 Å². The number of pyridine rings is 1. The highest BCUT2D eigenvalue weighted by Crippen LogP contribution is 2.38. The van der Waals surface area contributed by atoms with Gasteiger partial charge in [0.15, 0.2) is 0 Å². The number of anilines is 1. The molecular weight excluding hydrogens is 456 g/mol. The third-order valence-corrected chi connectivity index (χ3v) is 8.35. The summed E-state index contributed by atoms with van der Waals surface area (Å²) in [5, 5.41) is 0.871. The molecule has 1 aliphatic heterocycles. The molecule has 0 aliphatic carbocycles. The van der Waals surface area contributed by atoms with Crippen molar-refractivity contribution in [2.75, 3.05) is 57.5 Å². The molecule has 1 saturated heterocycles. The minimum Gasteiger partial charge on any atom is -0.492 e.